The predicted molar refractivity (Wildman–Crippen MR) is 51.1 cm³/mol. The van der Waals surface area contributed by atoms with Gasteiger partial charge in [-0.3, -0.25) is 0 Å². The molecule has 1 fully saturated rings. The summed E-state index contributed by atoms with van der Waals surface area (Å²) in [5, 5.41) is 9.48. The Morgan fingerprint density at radius 1 is 1.64 bits per heavy atom. The molecule has 0 aromatic heterocycles. The van der Waals surface area contributed by atoms with E-state index in [1.54, 1.807) is 0 Å². The molecule has 0 radical (unpaired) electrons. The average Bonchev–Trinajstić information content (AvgIpc) is 2.01. The van der Waals surface area contributed by atoms with Gasteiger partial charge in [-0.05, 0) is 32.4 Å². The third kappa shape index (κ3) is 3.89. The van der Waals surface area contributed by atoms with E-state index in [0.717, 1.165) is 19.4 Å². The fraction of sp³-hybridized carbons (Fsp3) is 1.00. The SMILES string of the molecule is CN1CCCC(C(O)CS(=O)(=O)F)C1. The lowest BCUT2D eigenvalue weighted by atomic mass is 9.94. The Morgan fingerprint density at radius 3 is 2.79 bits per heavy atom. The highest BCUT2D eigenvalue weighted by molar-refractivity contribution is 7.86. The Morgan fingerprint density at radius 2 is 2.29 bits per heavy atom. The van der Waals surface area contributed by atoms with Crippen LogP contribution in [0.5, 0.6) is 0 Å². The van der Waals surface area contributed by atoms with Crippen LogP contribution in [0.4, 0.5) is 3.89 Å². The molecule has 2 atom stereocenters. The fourth-order valence-corrected chi connectivity index (χ4v) is 2.54. The molecular weight excluding hydrogens is 209 g/mol. The van der Waals surface area contributed by atoms with Crippen LogP contribution in [0.25, 0.3) is 0 Å². The average molecular weight is 225 g/mol. The van der Waals surface area contributed by atoms with E-state index < -0.39 is 22.1 Å². The minimum absolute atomic E-state index is 0.126. The largest absolute Gasteiger partial charge is 0.392 e. The second-order valence-electron chi connectivity index (χ2n) is 3.94. The zero-order chi connectivity index (χ0) is 10.8. The van der Waals surface area contributed by atoms with E-state index in [1.165, 1.54) is 0 Å². The number of nitrogens with zero attached hydrogens (tertiary/aromatic N) is 1. The Balaban J connectivity index is 2.47. The van der Waals surface area contributed by atoms with Gasteiger partial charge in [0.1, 0.15) is 5.75 Å². The summed E-state index contributed by atoms with van der Waals surface area (Å²) in [6.45, 7) is 1.59. The van der Waals surface area contributed by atoms with Crippen molar-refractivity contribution in [1.82, 2.24) is 4.90 Å². The Labute approximate surface area is 83.9 Å². The summed E-state index contributed by atoms with van der Waals surface area (Å²) in [4.78, 5) is 2.02. The van der Waals surface area contributed by atoms with Gasteiger partial charge in [0.2, 0.25) is 0 Å². The molecule has 6 heteroatoms. The summed E-state index contributed by atoms with van der Waals surface area (Å²) < 4.78 is 32.9. The maximum atomic E-state index is 12.3. The molecule has 1 rings (SSSR count). The first kappa shape index (κ1) is 11.9. The molecule has 0 spiro atoms. The molecule has 0 aliphatic carbocycles. The Hall–Kier alpha value is -0.200. The monoisotopic (exact) mass is 225 g/mol. The van der Waals surface area contributed by atoms with Crippen LogP contribution in [-0.4, -0.2) is 50.4 Å². The molecule has 1 aliphatic heterocycles. The van der Waals surface area contributed by atoms with Gasteiger partial charge in [-0.1, -0.05) is 0 Å². The molecule has 1 aliphatic rings. The van der Waals surface area contributed by atoms with Crippen molar-refractivity contribution in [3.05, 3.63) is 0 Å². The molecule has 0 bridgehead atoms. The minimum atomic E-state index is -4.56. The molecule has 0 aromatic carbocycles. The summed E-state index contributed by atoms with van der Waals surface area (Å²) in [6.07, 6.45) is 0.610. The lowest BCUT2D eigenvalue weighted by Gasteiger charge is -2.32. The molecule has 2 unspecified atom stereocenters. The number of hydrogen-bond acceptors (Lipinski definition) is 4. The van der Waals surface area contributed by atoms with E-state index >= 15 is 0 Å². The van der Waals surface area contributed by atoms with Crippen molar-refractivity contribution in [2.24, 2.45) is 5.92 Å². The standard InChI is InChI=1S/C8H16FNO3S/c1-10-4-2-3-7(5-10)8(11)6-14(9,12)13/h7-8,11H,2-6H2,1H3. The molecule has 1 saturated heterocycles. The molecule has 1 N–H and O–H groups in total. The highest BCUT2D eigenvalue weighted by atomic mass is 32.3. The molecule has 14 heavy (non-hydrogen) atoms. The van der Waals surface area contributed by atoms with Crippen molar-refractivity contribution in [3.8, 4) is 0 Å². The maximum absolute atomic E-state index is 12.3. The van der Waals surface area contributed by atoms with Gasteiger partial charge in [0.25, 0.3) is 0 Å². The van der Waals surface area contributed by atoms with Gasteiger partial charge in [0.15, 0.2) is 0 Å². The summed E-state index contributed by atoms with van der Waals surface area (Å²) in [5.74, 6) is -0.898. The van der Waals surface area contributed by atoms with Crippen LogP contribution < -0.4 is 0 Å². The quantitative estimate of drug-likeness (QED) is 0.686. The molecule has 4 nitrogen and oxygen atoms in total. The first-order valence-corrected chi connectivity index (χ1v) is 6.22. The number of hydrogen-bond donors (Lipinski definition) is 1. The number of piperidine rings is 1. The summed E-state index contributed by atoms with van der Waals surface area (Å²) >= 11 is 0. The molecule has 0 saturated carbocycles. The van der Waals surface area contributed by atoms with Gasteiger partial charge in [-0.2, -0.15) is 8.42 Å². The second-order valence-corrected chi connectivity index (χ2v) is 5.35. The molecule has 0 amide bonds. The molecule has 0 aromatic rings. The van der Waals surface area contributed by atoms with Crippen LogP contribution in [0.1, 0.15) is 12.8 Å². The van der Waals surface area contributed by atoms with Crippen LogP contribution in [-0.2, 0) is 10.2 Å². The molecular formula is C8H16FNO3S. The second kappa shape index (κ2) is 4.55. The summed E-state index contributed by atoms with van der Waals surface area (Å²) in [7, 11) is -2.65. The number of rotatable bonds is 3. The van der Waals surface area contributed by atoms with Gasteiger partial charge < -0.3 is 10.0 Å². The predicted octanol–water partition coefficient (Wildman–Crippen LogP) is -0.0116. The van der Waals surface area contributed by atoms with Gasteiger partial charge in [0.05, 0.1) is 6.10 Å². The van der Waals surface area contributed by atoms with Crippen molar-refractivity contribution in [3.63, 3.8) is 0 Å². The summed E-state index contributed by atoms with van der Waals surface area (Å²) in [6, 6.07) is 0. The zero-order valence-corrected chi connectivity index (χ0v) is 9.00. The third-order valence-corrected chi connectivity index (χ3v) is 3.31. The van der Waals surface area contributed by atoms with Gasteiger partial charge >= 0.3 is 10.2 Å². The van der Waals surface area contributed by atoms with Crippen molar-refractivity contribution in [2.75, 3.05) is 25.9 Å². The van der Waals surface area contributed by atoms with E-state index in [2.05, 4.69) is 0 Å². The number of aliphatic hydroxyl groups is 1. The lowest BCUT2D eigenvalue weighted by molar-refractivity contribution is 0.0742. The van der Waals surface area contributed by atoms with E-state index in [0.29, 0.717) is 6.54 Å². The van der Waals surface area contributed by atoms with E-state index in [1.807, 2.05) is 11.9 Å². The highest BCUT2D eigenvalue weighted by Crippen LogP contribution is 2.19. The lowest BCUT2D eigenvalue weighted by Crippen LogP contribution is -2.40. The Bertz CT molecular complexity index is 280. The van der Waals surface area contributed by atoms with Gasteiger partial charge in [-0.25, -0.2) is 0 Å². The normalized spacial score (nSPS) is 27.5. The van der Waals surface area contributed by atoms with Crippen LogP contribution >= 0.6 is 0 Å². The van der Waals surface area contributed by atoms with Gasteiger partial charge in [-0.15, -0.1) is 3.89 Å². The van der Waals surface area contributed by atoms with Crippen LogP contribution in [0, 0.1) is 5.92 Å². The van der Waals surface area contributed by atoms with Crippen molar-refractivity contribution in [1.29, 1.82) is 0 Å². The van der Waals surface area contributed by atoms with E-state index in [9.17, 15) is 17.4 Å². The van der Waals surface area contributed by atoms with Crippen molar-refractivity contribution in [2.45, 2.75) is 18.9 Å². The van der Waals surface area contributed by atoms with Crippen LogP contribution in [0.2, 0.25) is 0 Å². The number of aliphatic hydroxyl groups excluding tert-OH is 1. The first-order valence-electron chi connectivity index (χ1n) is 4.67. The third-order valence-electron chi connectivity index (χ3n) is 2.57. The topological polar surface area (TPSA) is 57.6 Å². The van der Waals surface area contributed by atoms with E-state index in [4.69, 9.17) is 0 Å². The maximum Gasteiger partial charge on any atom is 0.304 e. The fourth-order valence-electron chi connectivity index (χ4n) is 1.86. The van der Waals surface area contributed by atoms with Crippen LogP contribution in [0.15, 0.2) is 0 Å². The van der Waals surface area contributed by atoms with Crippen LogP contribution in [0.3, 0.4) is 0 Å². The van der Waals surface area contributed by atoms with Gasteiger partial charge in [0, 0.05) is 6.54 Å². The zero-order valence-electron chi connectivity index (χ0n) is 8.19. The van der Waals surface area contributed by atoms with Crippen molar-refractivity contribution >= 4 is 10.2 Å². The first-order chi connectivity index (χ1) is 6.38. The summed E-state index contributed by atoms with van der Waals surface area (Å²) in [5.41, 5.74) is 0. The molecule has 84 valence electrons. The molecule has 1 heterocycles. The number of halogens is 1. The highest BCUT2D eigenvalue weighted by Gasteiger charge is 2.27. The minimum Gasteiger partial charge on any atom is -0.392 e. The Kier molecular flexibility index (Phi) is 3.86. The number of likely N-dealkylation sites (tertiary alicyclic amines) is 1. The van der Waals surface area contributed by atoms with Crippen molar-refractivity contribution < 1.29 is 17.4 Å². The smallest absolute Gasteiger partial charge is 0.304 e. The van der Waals surface area contributed by atoms with E-state index in [-0.39, 0.29) is 5.92 Å².